The molecule has 26 heavy (non-hydrogen) atoms. The molecular weight excluding hydrogens is 346 g/mol. The van der Waals surface area contributed by atoms with Gasteiger partial charge in [-0.05, 0) is 61.0 Å². The van der Waals surface area contributed by atoms with E-state index in [1.54, 1.807) is 0 Å². The lowest BCUT2D eigenvalue weighted by Crippen LogP contribution is -2.54. The Bertz CT molecular complexity index is 809. The molecule has 1 saturated carbocycles. The van der Waals surface area contributed by atoms with E-state index in [0.717, 1.165) is 31.4 Å². The molecule has 0 N–H and O–H groups in total. The van der Waals surface area contributed by atoms with Crippen LogP contribution in [0.25, 0.3) is 10.8 Å². The van der Waals surface area contributed by atoms with E-state index in [1.807, 2.05) is 0 Å². The van der Waals surface area contributed by atoms with Crippen molar-refractivity contribution in [1.82, 2.24) is 4.90 Å². The van der Waals surface area contributed by atoms with Crippen LogP contribution in [0, 0.1) is 5.92 Å². The van der Waals surface area contributed by atoms with Crippen LogP contribution in [-0.4, -0.2) is 36.6 Å². The largest absolute Gasteiger partial charge is 0.460 e. The molecule has 1 atom stereocenters. The number of halogens is 1. The Morgan fingerprint density at radius 3 is 2.38 bits per heavy atom. The van der Waals surface area contributed by atoms with E-state index in [4.69, 9.17) is 4.74 Å². The summed E-state index contributed by atoms with van der Waals surface area (Å²) in [6.07, 6.45) is 5.42. The third-order valence-electron chi connectivity index (χ3n) is 6.75. The molecule has 3 aliphatic heterocycles. The Kier molecular flexibility index (Phi) is 4.70. The van der Waals surface area contributed by atoms with Crippen molar-refractivity contribution < 1.29 is 9.53 Å². The van der Waals surface area contributed by atoms with Crippen LogP contribution >= 0.6 is 12.4 Å². The third kappa shape index (κ3) is 2.82. The molecule has 2 aromatic rings. The van der Waals surface area contributed by atoms with Crippen molar-refractivity contribution in [3.05, 3.63) is 48.0 Å². The first kappa shape index (κ1) is 17.8. The summed E-state index contributed by atoms with van der Waals surface area (Å²) in [6.45, 7) is 3.28. The molecule has 6 rings (SSSR count). The number of benzene rings is 2. The number of ether oxygens (including phenoxy) is 1. The van der Waals surface area contributed by atoms with Gasteiger partial charge in [-0.15, -0.1) is 12.4 Å². The van der Waals surface area contributed by atoms with E-state index in [-0.39, 0.29) is 24.5 Å². The first-order valence-electron chi connectivity index (χ1n) is 9.67. The predicted molar refractivity (Wildman–Crippen MR) is 106 cm³/mol. The molecule has 4 aliphatic rings. The maximum atomic E-state index is 13.2. The van der Waals surface area contributed by atoms with Crippen LogP contribution in [0.15, 0.2) is 42.5 Å². The summed E-state index contributed by atoms with van der Waals surface area (Å²) in [7, 11) is 0. The molecule has 3 saturated heterocycles. The number of esters is 1. The first-order valence-corrected chi connectivity index (χ1v) is 9.67. The Balaban J connectivity index is 0.00000168. The van der Waals surface area contributed by atoms with Gasteiger partial charge in [-0.2, -0.15) is 0 Å². The lowest BCUT2D eigenvalue weighted by Gasteiger charge is -2.46. The average molecular weight is 372 g/mol. The molecule has 4 heteroatoms. The molecule has 0 amide bonds. The standard InChI is InChI=1S/C22H25NO2.ClH/c24-21(25-20-15-23-12-8-17(20)9-13-23)22(10-3-11-22)19-7-6-16-4-1-2-5-18(16)14-19;/h1-2,4-7,14,17,20H,3,8-13,15H2;1H. The van der Waals surface area contributed by atoms with Gasteiger partial charge in [0.15, 0.2) is 0 Å². The van der Waals surface area contributed by atoms with Crippen LogP contribution in [0.4, 0.5) is 0 Å². The van der Waals surface area contributed by atoms with Gasteiger partial charge in [0.05, 0.1) is 5.41 Å². The zero-order valence-corrected chi connectivity index (χ0v) is 15.8. The number of hydrogen-bond acceptors (Lipinski definition) is 3. The van der Waals surface area contributed by atoms with Crippen molar-refractivity contribution in [3.63, 3.8) is 0 Å². The molecule has 138 valence electrons. The number of hydrogen-bond donors (Lipinski definition) is 0. The quantitative estimate of drug-likeness (QED) is 0.752. The molecule has 2 aromatic carbocycles. The number of fused-ring (bicyclic) bond motifs is 4. The topological polar surface area (TPSA) is 29.5 Å². The summed E-state index contributed by atoms with van der Waals surface area (Å²) >= 11 is 0. The van der Waals surface area contributed by atoms with E-state index >= 15 is 0 Å². The predicted octanol–water partition coefficient (Wildman–Crippen LogP) is 4.32. The molecule has 0 radical (unpaired) electrons. The molecule has 2 bridgehead atoms. The summed E-state index contributed by atoms with van der Waals surface area (Å²) in [5.74, 6) is 0.593. The van der Waals surface area contributed by atoms with E-state index in [1.165, 1.54) is 36.7 Å². The fourth-order valence-corrected chi connectivity index (χ4v) is 4.92. The summed E-state index contributed by atoms with van der Waals surface area (Å²) < 4.78 is 6.12. The molecule has 0 aromatic heterocycles. The second-order valence-electron chi connectivity index (χ2n) is 8.08. The van der Waals surface area contributed by atoms with Crippen LogP contribution in [0.3, 0.4) is 0 Å². The second kappa shape index (κ2) is 6.86. The number of carbonyl (C=O) groups is 1. The van der Waals surface area contributed by atoms with Crippen LogP contribution < -0.4 is 0 Å². The van der Waals surface area contributed by atoms with Crippen LogP contribution in [0.1, 0.15) is 37.7 Å². The molecule has 0 spiro atoms. The summed E-state index contributed by atoms with van der Waals surface area (Å²) in [4.78, 5) is 15.6. The van der Waals surface area contributed by atoms with Crippen molar-refractivity contribution in [2.24, 2.45) is 5.92 Å². The smallest absolute Gasteiger partial charge is 0.316 e. The Morgan fingerprint density at radius 1 is 1.04 bits per heavy atom. The minimum atomic E-state index is -0.407. The van der Waals surface area contributed by atoms with E-state index in [2.05, 4.69) is 47.4 Å². The summed E-state index contributed by atoms with van der Waals surface area (Å²) in [6, 6.07) is 14.9. The fourth-order valence-electron chi connectivity index (χ4n) is 4.92. The summed E-state index contributed by atoms with van der Waals surface area (Å²) in [5, 5.41) is 2.44. The maximum absolute atomic E-state index is 13.2. The number of rotatable bonds is 3. The van der Waals surface area contributed by atoms with E-state index in [9.17, 15) is 4.79 Å². The van der Waals surface area contributed by atoms with Gasteiger partial charge in [-0.25, -0.2) is 0 Å². The van der Waals surface area contributed by atoms with Crippen molar-refractivity contribution in [2.45, 2.75) is 43.6 Å². The summed E-state index contributed by atoms with van der Waals surface area (Å²) in [5.41, 5.74) is 0.736. The Hall–Kier alpha value is -1.58. The molecule has 1 unspecified atom stereocenters. The van der Waals surface area contributed by atoms with Crippen molar-refractivity contribution in [2.75, 3.05) is 19.6 Å². The number of carbonyl (C=O) groups excluding carboxylic acids is 1. The normalized spacial score (nSPS) is 28.8. The molecule has 3 nitrogen and oxygen atoms in total. The lowest BCUT2D eigenvalue weighted by atomic mass is 9.64. The monoisotopic (exact) mass is 371 g/mol. The van der Waals surface area contributed by atoms with Gasteiger partial charge < -0.3 is 4.74 Å². The minimum absolute atomic E-state index is 0. The Morgan fingerprint density at radius 2 is 1.77 bits per heavy atom. The van der Waals surface area contributed by atoms with Crippen molar-refractivity contribution >= 4 is 29.1 Å². The third-order valence-corrected chi connectivity index (χ3v) is 6.75. The van der Waals surface area contributed by atoms with Gasteiger partial charge in [0.1, 0.15) is 6.10 Å². The highest BCUT2D eigenvalue weighted by molar-refractivity contribution is 5.89. The lowest BCUT2D eigenvalue weighted by molar-refractivity contribution is -0.169. The van der Waals surface area contributed by atoms with Crippen LogP contribution in [-0.2, 0) is 14.9 Å². The SMILES string of the molecule is Cl.O=C(OC1CN2CCC1CC2)C1(c2ccc3ccccc3c2)CCC1. The van der Waals surface area contributed by atoms with Gasteiger partial charge in [0.2, 0.25) is 0 Å². The maximum Gasteiger partial charge on any atom is 0.316 e. The highest BCUT2D eigenvalue weighted by atomic mass is 35.5. The molecule has 1 aliphatic carbocycles. The van der Waals surface area contributed by atoms with Gasteiger partial charge in [0, 0.05) is 6.54 Å². The molecule has 3 heterocycles. The second-order valence-corrected chi connectivity index (χ2v) is 8.08. The first-order chi connectivity index (χ1) is 12.2. The van der Waals surface area contributed by atoms with Crippen molar-refractivity contribution in [1.29, 1.82) is 0 Å². The van der Waals surface area contributed by atoms with Crippen LogP contribution in [0.2, 0.25) is 0 Å². The zero-order chi connectivity index (χ0) is 16.9. The van der Waals surface area contributed by atoms with E-state index in [0.29, 0.717) is 5.92 Å². The zero-order valence-electron chi connectivity index (χ0n) is 15.0. The highest BCUT2D eigenvalue weighted by Gasteiger charge is 2.49. The van der Waals surface area contributed by atoms with Gasteiger partial charge in [-0.3, -0.25) is 9.69 Å². The minimum Gasteiger partial charge on any atom is -0.460 e. The van der Waals surface area contributed by atoms with E-state index < -0.39 is 5.41 Å². The number of piperidine rings is 3. The van der Waals surface area contributed by atoms with Gasteiger partial charge in [-0.1, -0.05) is 48.9 Å². The average Bonchev–Trinajstić information content (AvgIpc) is 2.62. The number of nitrogens with zero attached hydrogens (tertiary/aromatic N) is 1. The van der Waals surface area contributed by atoms with Gasteiger partial charge >= 0.3 is 5.97 Å². The Labute approximate surface area is 161 Å². The van der Waals surface area contributed by atoms with Crippen LogP contribution in [0.5, 0.6) is 0 Å². The molecular formula is C22H26ClNO2. The van der Waals surface area contributed by atoms with Crippen molar-refractivity contribution in [3.8, 4) is 0 Å². The van der Waals surface area contributed by atoms with Gasteiger partial charge in [0.25, 0.3) is 0 Å². The molecule has 4 fully saturated rings. The fraction of sp³-hybridized carbons (Fsp3) is 0.500. The highest BCUT2D eigenvalue weighted by Crippen LogP contribution is 2.46.